The van der Waals surface area contributed by atoms with E-state index < -0.39 is 13.1 Å². The van der Waals surface area contributed by atoms with E-state index in [1.807, 2.05) is 103 Å². The number of hydrogen-bond acceptors (Lipinski definition) is 4. The second kappa shape index (κ2) is 8.99. The molecule has 174 valence electrons. The van der Waals surface area contributed by atoms with Crippen LogP contribution in [0.3, 0.4) is 0 Å². The van der Waals surface area contributed by atoms with E-state index in [4.69, 9.17) is 9.05 Å². The molecule has 0 fully saturated rings. The largest absolute Gasteiger partial charge is 0.503 e. The Morgan fingerprint density at radius 1 is 0.472 bits per heavy atom. The van der Waals surface area contributed by atoms with Gasteiger partial charge >= 0.3 is 7.60 Å². The third kappa shape index (κ3) is 3.92. The fourth-order valence-electron chi connectivity index (χ4n) is 4.47. The number of hydrogen-bond donors (Lipinski definition) is 0. The van der Waals surface area contributed by atoms with Crippen LogP contribution in [0.15, 0.2) is 127 Å². The van der Waals surface area contributed by atoms with Crippen LogP contribution in [0.1, 0.15) is 10.4 Å². The molecule has 0 bridgehead atoms. The van der Waals surface area contributed by atoms with Crippen LogP contribution in [0.4, 0.5) is 0 Å². The fourth-order valence-corrected chi connectivity index (χ4v) is 6.00. The number of benzene rings is 6. The molecule has 0 heterocycles. The molecule has 0 unspecified atom stereocenters. The summed E-state index contributed by atoms with van der Waals surface area (Å²) < 4.78 is 26.8. The Hall–Kier alpha value is -4.40. The minimum atomic E-state index is -4.43. The van der Waals surface area contributed by atoms with Gasteiger partial charge in [-0.15, -0.1) is 0 Å². The fraction of sp³-hybridized carbons (Fsp3) is 0. The predicted molar refractivity (Wildman–Crippen MR) is 145 cm³/mol. The van der Waals surface area contributed by atoms with Gasteiger partial charge in [-0.2, -0.15) is 0 Å². The van der Waals surface area contributed by atoms with E-state index in [1.54, 1.807) is 24.3 Å². The number of rotatable bonds is 6. The average Bonchev–Trinajstić information content (AvgIpc) is 2.93. The van der Waals surface area contributed by atoms with Crippen molar-refractivity contribution >= 4 is 45.4 Å². The Morgan fingerprint density at radius 2 is 0.861 bits per heavy atom. The molecular weight excluding hydrogens is 467 g/mol. The van der Waals surface area contributed by atoms with Crippen molar-refractivity contribution in [2.75, 3.05) is 0 Å². The van der Waals surface area contributed by atoms with Crippen molar-refractivity contribution in [3.05, 3.63) is 133 Å². The van der Waals surface area contributed by atoms with E-state index in [0.717, 1.165) is 26.9 Å². The molecule has 36 heavy (non-hydrogen) atoms. The third-order valence-electron chi connectivity index (χ3n) is 6.21. The van der Waals surface area contributed by atoms with Crippen molar-refractivity contribution in [2.24, 2.45) is 0 Å². The molecule has 0 spiro atoms. The quantitative estimate of drug-likeness (QED) is 0.220. The van der Waals surface area contributed by atoms with Crippen LogP contribution in [-0.2, 0) is 4.57 Å². The molecule has 0 amide bonds. The van der Waals surface area contributed by atoms with Crippen molar-refractivity contribution in [1.82, 2.24) is 0 Å². The van der Waals surface area contributed by atoms with Gasteiger partial charge in [0.05, 0.1) is 0 Å². The number of fused-ring (bicyclic) bond motifs is 3. The summed E-state index contributed by atoms with van der Waals surface area (Å²) in [6.45, 7) is 0. The van der Waals surface area contributed by atoms with Gasteiger partial charge in [0.25, 0.3) is 5.52 Å². The molecule has 0 radical (unpaired) electrons. The molecule has 6 rings (SSSR count). The first-order chi connectivity index (χ1) is 17.6. The molecule has 0 aromatic heterocycles. The molecule has 0 atom stereocenters. The highest BCUT2D eigenvalue weighted by atomic mass is 31.2. The molecule has 6 aromatic rings. The van der Waals surface area contributed by atoms with E-state index in [2.05, 4.69) is 0 Å². The maximum Gasteiger partial charge on any atom is 0.503 e. The lowest BCUT2D eigenvalue weighted by molar-refractivity contribution is 0.104. The second-order valence-corrected chi connectivity index (χ2v) is 10.2. The summed E-state index contributed by atoms with van der Waals surface area (Å²) in [6, 6.07) is 38.9. The zero-order valence-corrected chi connectivity index (χ0v) is 20.1. The van der Waals surface area contributed by atoms with Crippen LogP contribution in [0.25, 0.3) is 32.3 Å². The van der Waals surface area contributed by atoms with E-state index in [0.29, 0.717) is 16.9 Å². The molecule has 4 nitrogen and oxygen atoms in total. The Morgan fingerprint density at radius 3 is 1.39 bits per heavy atom. The van der Waals surface area contributed by atoms with Gasteiger partial charge in [0, 0.05) is 16.3 Å². The van der Waals surface area contributed by atoms with Crippen molar-refractivity contribution in [2.45, 2.75) is 0 Å². The Balaban J connectivity index is 1.53. The molecule has 0 aliphatic carbocycles. The van der Waals surface area contributed by atoms with Crippen molar-refractivity contribution in [3.8, 4) is 11.5 Å². The van der Waals surface area contributed by atoms with Gasteiger partial charge < -0.3 is 9.05 Å². The minimum absolute atomic E-state index is 0.289. The molecule has 0 N–H and O–H groups in total. The van der Waals surface area contributed by atoms with Gasteiger partial charge in [-0.3, -0.25) is 4.79 Å². The molecule has 5 heteroatoms. The van der Waals surface area contributed by atoms with Crippen molar-refractivity contribution in [1.29, 1.82) is 0 Å². The van der Waals surface area contributed by atoms with E-state index in [9.17, 15) is 9.36 Å². The first-order valence-corrected chi connectivity index (χ1v) is 13.1. The van der Waals surface area contributed by atoms with Crippen molar-refractivity contribution in [3.63, 3.8) is 0 Å². The summed E-state index contributed by atoms with van der Waals surface area (Å²) >= 11 is 0. The summed E-state index contributed by atoms with van der Waals surface area (Å²) in [5.74, 6) is 0.649. The first-order valence-electron chi connectivity index (χ1n) is 11.6. The van der Waals surface area contributed by atoms with Crippen LogP contribution in [0.2, 0.25) is 0 Å². The maximum atomic E-state index is 14.6. The van der Waals surface area contributed by atoms with Crippen LogP contribution in [0.5, 0.6) is 11.5 Å². The van der Waals surface area contributed by atoms with Crippen LogP contribution in [0, 0.1) is 0 Å². The smallest absolute Gasteiger partial charge is 0.410 e. The van der Waals surface area contributed by atoms with Crippen LogP contribution in [-0.4, -0.2) is 5.52 Å². The second-order valence-electron chi connectivity index (χ2n) is 8.47. The van der Waals surface area contributed by atoms with Crippen LogP contribution >= 0.6 is 7.60 Å². The highest BCUT2D eigenvalue weighted by Gasteiger charge is 2.41. The summed E-state index contributed by atoms with van der Waals surface area (Å²) in [5.41, 5.74) is -0.405. The summed E-state index contributed by atoms with van der Waals surface area (Å²) in [5, 5.41) is 4.85. The van der Waals surface area contributed by atoms with Gasteiger partial charge in [-0.1, -0.05) is 109 Å². The van der Waals surface area contributed by atoms with Gasteiger partial charge in [0.15, 0.2) is 0 Å². The van der Waals surface area contributed by atoms with E-state index in [1.165, 1.54) is 0 Å². The van der Waals surface area contributed by atoms with E-state index in [-0.39, 0.29) is 5.56 Å². The lowest BCUT2D eigenvalue weighted by Crippen LogP contribution is -2.12. The number of carbonyl (C=O) groups is 1. The predicted octanol–water partition coefficient (Wildman–Crippen LogP) is 8.64. The third-order valence-corrected chi connectivity index (χ3v) is 7.82. The monoisotopic (exact) mass is 488 g/mol. The highest BCUT2D eigenvalue weighted by molar-refractivity contribution is 7.73. The van der Waals surface area contributed by atoms with E-state index >= 15 is 0 Å². The zero-order chi connectivity index (χ0) is 24.5. The van der Waals surface area contributed by atoms with Gasteiger partial charge in [0.2, 0.25) is 0 Å². The molecule has 0 aliphatic heterocycles. The standard InChI is InChI=1S/C31H21O4P/c32-31(28-19-7-13-22-10-1-4-16-25(22)28)36(33,34-29-20-8-14-23-11-2-5-17-26(23)29)35-30-21-9-15-24-12-3-6-18-27(24)30/h1-21H. The molecule has 0 saturated carbocycles. The number of carbonyl (C=O) groups excluding carboxylic acids is 1. The SMILES string of the molecule is O=C(c1cccc2ccccc12)P(=O)(Oc1cccc2ccccc12)Oc1cccc2ccccc12. The zero-order valence-electron chi connectivity index (χ0n) is 19.2. The summed E-state index contributed by atoms with van der Waals surface area (Å²) in [7, 11) is -4.43. The van der Waals surface area contributed by atoms with Crippen molar-refractivity contribution < 1.29 is 18.4 Å². The van der Waals surface area contributed by atoms with Gasteiger partial charge in [0.1, 0.15) is 11.5 Å². The Bertz CT molecular complexity index is 1710. The van der Waals surface area contributed by atoms with Gasteiger partial charge in [-0.05, 0) is 39.7 Å². The lowest BCUT2D eigenvalue weighted by Gasteiger charge is -2.21. The Labute approximate surface area is 208 Å². The minimum Gasteiger partial charge on any atom is -0.410 e. The Kier molecular flexibility index (Phi) is 5.52. The van der Waals surface area contributed by atoms with Crippen LogP contribution < -0.4 is 9.05 Å². The maximum absolute atomic E-state index is 14.6. The first kappa shape index (κ1) is 22.1. The van der Waals surface area contributed by atoms with Gasteiger partial charge in [-0.25, -0.2) is 4.57 Å². The molecule has 0 aliphatic rings. The molecular formula is C31H21O4P. The molecule has 0 saturated heterocycles. The summed E-state index contributed by atoms with van der Waals surface area (Å²) in [4.78, 5) is 14.0. The average molecular weight is 488 g/mol. The normalized spacial score (nSPS) is 11.6. The summed E-state index contributed by atoms with van der Waals surface area (Å²) in [6.07, 6.45) is 0. The lowest BCUT2D eigenvalue weighted by atomic mass is 10.1. The highest BCUT2D eigenvalue weighted by Crippen LogP contribution is 2.54. The molecule has 6 aromatic carbocycles. The topological polar surface area (TPSA) is 52.6 Å².